The van der Waals surface area contributed by atoms with Gasteiger partial charge in [0, 0.05) is 50.7 Å². The number of carbonyl (C=O) groups excluding carboxylic acids is 3. The highest BCUT2D eigenvalue weighted by atomic mass is 16.5. The topological polar surface area (TPSA) is 91.0 Å². The van der Waals surface area contributed by atoms with Crippen molar-refractivity contribution in [1.29, 1.82) is 0 Å². The molecule has 4 aliphatic rings. The summed E-state index contributed by atoms with van der Waals surface area (Å²) in [5.74, 6) is -0.744. The summed E-state index contributed by atoms with van der Waals surface area (Å²) < 4.78 is 5.87. The van der Waals surface area contributed by atoms with Crippen molar-refractivity contribution in [2.24, 2.45) is 0 Å². The molecule has 1 unspecified atom stereocenters. The molecule has 1 aromatic rings. The zero-order valence-corrected chi connectivity index (χ0v) is 16.4. The normalized spacial score (nSPS) is 30.1. The Morgan fingerprint density at radius 3 is 2.93 bits per heavy atom. The van der Waals surface area contributed by atoms with Crippen LogP contribution in [-0.2, 0) is 27.4 Å². The van der Waals surface area contributed by atoms with E-state index in [-0.39, 0.29) is 24.1 Å². The van der Waals surface area contributed by atoms with Crippen molar-refractivity contribution in [3.63, 3.8) is 0 Å². The predicted molar refractivity (Wildman–Crippen MR) is 104 cm³/mol. The van der Waals surface area contributed by atoms with Crippen LogP contribution in [0.5, 0.6) is 0 Å². The Labute approximate surface area is 169 Å². The molecule has 8 nitrogen and oxygen atoms in total. The first kappa shape index (κ1) is 18.7. The fraction of sp³-hybridized carbons (Fsp3) is 0.571. The minimum Gasteiger partial charge on any atom is -0.375 e. The van der Waals surface area contributed by atoms with Gasteiger partial charge in [-0.05, 0) is 30.0 Å². The minimum absolute atomic E-state index is 0.114. The summed E-state index contributed by atoms with van der Waals surface area (Å²) in [6, 6.07) is 5.64. The van der Waals surface area contributed by atoms with Crippen LogP contribution in [0.1, 0.15) is 40.7 Å². The maximum absolute atomic E-state index is 13.0. The second-order valence-corrected chi connectivity index (χ2v) is 8.34. The van der Waals surface area contributed by atoms with Crippen molar-refractivity contribution in [2.75, 3.05) is 26.2 Å². The average molecular weight is 398 g/mol. The molecular formula is C21H26N4O4. The van der Waals surface area contributed by atoms with E-state index in [2.05, 4.69) is 21.6 Å². The molecule has 3 fully saturated rings. The highest BCUT2D eigenvalue weighted by molar-refractivity contribution is 6.05. The lowest BCUT2D eigenvalue weighted by molar-refractivity contribution is -0.136. The van der Waals surface area contributed by atoms with Crippen molar-refractivity contribution in [3.05, 3.63) is 34.9 Å². The Morgan fingerprint density at radius 2 is 2.07 bits per heavy atom. The molecule has 3 atom stereocenters. The van der Waals surface area contributed by atoms with E-state index < -0.39 is 6.04 Å². The van der Waals surface area contributed by atoms with E-state index in [1.54, 1.807) is 4.90 Å². The van der Waals surface area contributed by atoms with Crippen molar-refractivity contribution in [2.45, 2.75) is 50.5 Å². The van der Waals surface area contributed by atoms with E-state index in [4.69, 9.17) is 4.74 Å². The van der Waals surface area contributed by atoms with Crippen LogP contribution in [0.2, 0.25) is 0 Å². The number of likely N-dealkylation sites (tertiary alicyclic amines) is 1. The Morgan fingerprint density at radius 1 is 1.17 bits per heavy atom. The van der Waals surface area contributed by atoms with Crippen molar-refractivity contribution < 1.29 is 19.1 Å². The quantitative estimate of drug-likeness (QED) is 0.697. The summed E-state index contributed by atoms with van der Waals surface area (Å²) >= 11 is 0. The van der Waals surface area contributed by atoms with Gasteiger partial charge in [-0.15, -0.1) is 0 Å². The molecule has 0 spiro atoms. The monoisotopic (exact) mass is 398 g/mol. The predicted octanol–water partition coefficient (Wildman–Crippen LogP) is 0.0103. The number of nitrogens with zero attached hydrogens (tertiary/aromatic N) is 2. The van der Waals surface area contributed by atoms with Crippen molar-refractivity contribution >= 4 is 17.7 Å². The van der Waals surface area contributed by atoms with Gasteiger partial charge in [-0.3, -0.25) is 24.6 Å². The van der Waals surface area contributed by atoms with E-state index >= 15 is 0 Å². The van der Waals surface area contributed by atoms with Crippen LogP contribution in [-0.4, -0.2) is 72.0 Å². The van der Waals surface area contributed by atoms with Gasteiger partial charge in [-0.2, -0.15) is 0 Å². The highest BCUT2D eigenvalue weighted by Gasteiger charge is 2.40. The van der Waals surface area contributed by atoms with Crippen LogP contribution in [0.4, 0.5) is 0 Å². The van der Waals surface area contributed by atoms with Gasteiger partial charge in [0.2, 0.25) is 11.8 Å². The second kappa shape index (κ2) is 7.51. The molecule has 5 rings (SSSR count). The van der Waals surface area contributed by atoms with Gasteiger partial charge in [0.25, 0.3) is 5.91 Å². The second-order valence-electron chi connectivity index (χ2n) is 8.34. The number of fused-ring (bicyclic) bond motifs is 2. The largest absolute Gasteiger partial charge is 0.375 e. The molecule has 0 bridgehead atoms. The Bertz CT molecular complexity index is 857. The van der Waals surface area contributed by atoms with Gasteiger partial charge < -0.3 is 15.0 Å². The van der Waals surface area contributed by atoms with E-state index in [0.29, 0.717) is 30.7 Å². The molecule has 0 saturated carbocycles. The molecule has 8 heteroatoms. The van der Waals surface area contributed by atoms with Crippen LogP contribution in [0.25, 0.3) is 0 Å². The lowest BCUT2D eigenvalue weighted by Gasteiger charge is -2.41. The molecule has 3 amide bonds. The molecule has 29 heavy (non-hydrogen) atoms. The van der Waals surface area contributed by atoms with Crippen LogP contribution < -0.4 is 10.6 Å². The number of hydrogen-bond donors (Lipinski definition) is 2. The van der Waals surface area contributed by atoms with Gasteiger partial charge in [0.05, 0.1) is 12.7 Å². The first-order chi connectivity index (χ1) is 14.1. The van der Waals surface area contributed by atoms with E-state index in [1.807, 2.05) is 12.1 Å². The minimum atomic E-state index is -0.570. The number of amides is 3. The van der Waals surface area contributed by atoms with E-state index in [1.165, 1.54) is 0 Å². The first-order valence-electron chi connectivity index (χ1n) is 10.4. The third-order valence-corrected chi connectivity index (χ3v) is 6.55. The third-order valence-electron chi connectivity index (χ3n) is 6.55. The van der Waals surface area contributed by atoms with Crippen LogP contribution in [0.15, 0.2) is 18.2 Å². The smallest absolute Gasteiger partial charge is 0.255 e. The van der Waals surface area contributed by atoms with Gasteiger partial charge in [-0.25, -0.2) is 0 Å². The maximum Gasteiger partial charge on any atom is 0.255 e. The Balaban J connectivity index is 1.32. The molecule has 1 aromatic carbocycles. The van der Waals surface area contributed by atoms with Crippen LogP contribution in [0, 0.1) is 0 Å². The Hall–Kier alpha value is -2.29. The summed E-state index contributed by atoms with van der Waals surface area (Å²) in [4.78, 5) is 40.7. The first-order valence-corrected chi connectivity index (χ1v) is 10.4. The van der Waals surface area contributed by atoms with Crippen molar-refractivity contribution in [1.82, 2.24) is 20.4 Å². The van der Waals surface area contributed by atoms with Crippen LogP contribution in [0.3, 0.4) is 0 Å². The number of carbonyl (C=O) groups is 3. The summed E-state index contributed by atoms with van der Waals surface area (Å²) in [7, 11) is 0. The van der Waals surface area contributed by atoms with Crippen molar-refractivity contribution in [3.8, 4) is 0 Å². The van der Waals surface area contributed by atoms with Gasteiger partial charge in [0.1, 0.15) is 6.04 Å². The summed E-state index contributed by atoms with van der Waals surface area (Å²) in [5.41, 5.74) is 2.83. The SMILES string of the molecule is O=C1CCC(N2Cc3c(CN4CC[C@H]5OCCN[C@H]5C4)cccc3C2=O)C(=O)N1. The molecule has 0 aliphatic carbocycles. The van der Waals surface area contributed by atoms with E-state index in [9.17, 15) is 14.4 Å². The number of imide groups is 1. The van der Waals surface area contributed by atoms with E-state index in [0.717, 1.165) is 50.3 Å². The fourth-order valence-corrected chi connectivity index (χ4v) is 5.03. The molecule has 154 valence electrons. The summed E-state index contributed by atoms with van der Waals surface area (Å²) in [6.07, 6.45) is 1.97. The molecule has 0 radical (unpaired) electrons. The summed E-state index contributed by atoms with van der Waals surface area (Å²) in [5, 5.41) is 5.92. The standard InChI is InChI=1S/C21H26N4O4/c26-19-5-4-17(20(27)23-19)25-11-15-13(2-1-3-14(15)21(25)28)10-24-8-6-18-16(12-24)22-7-9-29-18/h1-3,16-18,22H,4-12H2,(H,23,26,27)/t16-,17?,18+/m0/s1. The average Bonchev–Trinajstić information content (AvgIpc) is 3.06. The number of hydrogen-bond acceptors (Lipinski definition) is 6. The molecule has 4 heterocycles. The van der Waals surface area contributed by atoms with Crippen LogP contribution >= 0.6 is 0 Å². The number of morpholine rings is 1. The number of ether oxygens (including phenoxy) is 1. The lowest BCUT2D eigenvalue weighted by atomic mass is 9.98. The molecular weight excluding hydrogens is 372 g/mol. The number of piperidine rings is 2. The summed E-state index contributed by atoms with van der Waals surface area (Å²) in [6.45, 7) is 4.79. The molecule has 3 saturated heterocycles. The number of rotatable bonds is 3. The zero-order chi connectivity index (χ0) is 20.0. The van der Waals surface area contributed by atoms with Gasteiger partial charge in [0.15, 0.2) is 0 Å². The highest BCUT2D eigenvalue weighted by Crippen LogP contribution is 2.31. The zero-order valence-electron chi connectivity index (χ0n) is 16.4. The number of benzene rings is 1. The molecule has 4 aliphatic heterocycles. The molecule has 0 aromatic heterocycles. The third kappa shape index (κ3) is 3.45. The number of nitrogens with one attached hydrogen (secondary N) is 2. The Kier molecular flexibility index (Phi) is 4.85. The lowest BCUT2D eigenvalue weighted by Crippen LogP contribution is -2.58. The van der Waals surface area contributed by atoms with Gasteiger partial charge in [-0.1, -0.05) is 12.1 Å². The maximum atomic E-state index is 13.0. The van der Waals surface area contributed by atoms with Gasteiger partial charge >= 0.3 is 0 Å². The fourth-order valence-electron chi connectivity index (χ4n) is 5.03. The molecule has 2 N–H and O–H groups in total.